The molecule has 0 saturated carbocycles. The second-order valence-electron chi connectivity index (χ2n) is 4.20. The van der Waals surface area contributed by atoms with E-state index in [4.69, 9.17) is 5.73 Å². The molecule has 2 N–H and O–H groups in total. The van der Waals surface area contributed by atoms with Crippen molar-refractivity contribution in [1.29, 1.82) is 0 Å². The monoisotopic (exact) mass is 192 g/mol. The summed E-state index contributed by atoms with van der Waals surface area (Å²) in [4.78, 5) is 1.75. The Hall–Kier alpha value is -0.220. The van der Waals surface area contributed by atoms with Gasteiger partial charge in [-0.25, -0.2) is 8.78 Å². The molecule has 1 rings (SSSR count). The standard InChI is InChI=1S/C9H18F2N2/c1-7(2)9(10,11)6-13-4-3-8(12)5-13/h7-8H,3-6,12H2,1-2H3. The quantitative estimate of drug-likeness (QED) is 0.730. The Morgan fingerprint density at radius 3 is 2.54 bits per heavy atom. The molecule has 0 aromatic carbocycles. The predicted molar refractivity (Wildman–Crippen MR) is 48.8 cm³/mol. The van der Waals surface area contributed by atoms with Crippen LogP contribution in [0.25, 0.3) is 0 Å². The Labute approximate surface area is 78.1 Å². The maximum Gasteiger partial charge on any atom is 0.262 e. The van der Waals surface area contributed by atoms with E-state index in [0.717, 1.165) is 6.42 Å². The Balaban J connectivity index is 2.40. The summed E-state index contributed by atoms with van der Waals surface area (Å²) < 4.78 is 26.5. The lowest BCUT2D eigenvalue weighted by molar-refractivity contribution is -0.0669. The van der Waals surface area contributed by atoms with E-state index in [-0.39, 0.29) is 12.6 Å². The van der Waals surface area contributed by atoms with Crippen molar-refractivity contribution in [2.24, 2.45) is 11.7 Å². The fourth-order valence-corrected chi connectivity index (χ4v) is 1.49. The van der Waals surface area contributed by atoms with Crippen LogP contribution in [-0.4, -0.2) is 36.5 Å². The molecule has 13 heavy (non-hydrogen) atoms. The summed E-state index contributed by atoms with van der Waals surface area (Å²) >= 11 is 0. The molecule has 4 heteroatoms. The average molecular weight is 192 g/mol. The summed E-state index contributed by atoms with van der Waals surface area (Å²) in [6.45, 7) is 4.29. The lowest BCUT2D eigenvalue weighted by atomic mass is 10.1. The molecular weight excluding hydrogens is 174 g/mol. The molecular formula is C9H18F2N2. The third-order valence-corrected chi connectivity index (χ3v) is 2.59. The highest BCUT2D eigenvalue weighted by Gasteiger charge is 2.36. The van der Waals surface area contributed by atoms with Gasteiger partial charge in [-0.15, -0.1) is 0 Å². The van der Waals surface area contributed by atoms with Crippen LogP contribution in [0, 0.1) is 5.92 Å². The van der Waals surface area contributed by atoms with Gasteiger partial charge in [-0.1, -0.05) is 13.8 Å². The van der Waals surface area contributed by atoms with Crippen LogP contribution in [0.15, 0.2) is 0 Å². The van der Waals surface area contributed by atoms with Gasteiger partial charge >= 0.3 is 0 Å². The van der Waals surface area contributed by atoms with E-state index in [2.05, 4.69) is 0 Å². The first kappa shape index (κ1) is 10.9. The summed E-state index contributed by atoms with van der Waals surface area (Å²) in [7, 11) is 0. The van der Waals surface area contributed by atoms with E-state index in [9.17, 15) is 8.78 Å². The van der Waals surface area contributed by atoms with E-state index in [0.29, 0.717) is 13.1 Å². The molecule has 2 nitrogen and oxygen atoms in total. The molecule has 0 bridgehead atoms. The molecule has 0 aromatic rings. The maximum atomic E-state index is 13.2. The summed E-state index contributed by atoms with van der Waals surface area (Å²) in [6.07, 6.45) is 0.841. The molecule has 1 heterocycles. The average Bonchev–Trinajstić information content (AvgIpc) is 2.34. The largest absolute Gasteiger partial charge is 0.326 e. The van der Waals surface area contributed by atoms with Crippen molar-refractivity contribution in [1.82, 2.24) is 4.90 Å². The lowest BCUT2D eigenvalue weighted by Crippen LogP contribution is -2.40. The van der Waals surface area contributed by atoms with Crippen LogP contribution >= 0.6 is 0 Å². The number of halogens is 2. The van der Waals surface area contributed by atoms with E-state index < -0.39 is 11.8 Å². The minimum Gasteiger partial charge on any atom is -0.326 e. The number of likely N-dealkylation sites (tertiary alicyclic amines) is 1. The molecule has 0 amide bonds. The van der Waals surface area contributed by atoms with Crippen LogP contribution in [-0.2, 0) is 0 Å². The topological polar surface area (TPSA) is 29.3 Å². The zero-order valence-corrected chi connectivity index (χ0v) is 8.26. The Morgan fingerprint density at radius 2 is 2.15 bits per heavy atom. The zero-order chi connectivity index (χ0) is 10.1. The summed E-state index contributed by atoms with van der Waals surface area (Å²) in [6, 6.07) is 0.0861. The Kier molecular flexibility index (Phi) is 3.24. The molecule has 1 saturated heterocycles. The fourth-order valence-electron chi connectivity index (χ4n) is 1.49. The van der Waals surface area contributed by atoms with Crippen LogP contribution in [0.2, 0.25) is 0 Å². The van der Waals surface area contributed by atoms with Crippen LogP contribution in [0.3, 0.4) is 0 Å². The smallest absolute Gasteiger partial charge is 0.262 e. The van der Waals surface area contributed by atoms with Gasteiger partial charge in [0.15, 0.2) is 0 Å². The van der Waals surface area contributed by atoms with Crippen molar-refractivity contribution in [2.75, 3.05) is 19.6 Å². The minimum absolute atomic E-state index is 0.0861. The highest BCUT2D eigenvalue weighted by molar-refractivity contribution is 4.83. The molecule has 0 spiro atoms. The first-order valence-corrected chi connectivity index (χ1v) is 4.77. The van der Waals surface area contributed by atoms with Gasteiger partial charge < -0.3 is 5.73 Å². The maximum absolute atomic E-state index is 13.2. The highest BCUT2D eigenvalue weighted by Crippen LogP contribution is 2.26. The third-order valence-electron chi connectivity index (χ3n) is 2.59. The predicted octanol–water partition coefficient (Wildman–Crippen LogP) is 1.31. The van der Waals surface area contributed by atoms with Crippen LogP contribution in [0.1, 0.15) is 20.3 Å². The number of hydrogen-bond donors (Lipinski definition) is 1. The highest BCUT2D eigenvalue weighted by atomic mass is 19.3. The number of nitrogens with zero attached hydrogens (tertiary/aromatic N) is 1. The van der Waals surface area contributed by atoms with E-state index in [1.165, 1.54) is 0 Å². The molecule has 0 aliphatic carbocycles. The Bertz CT molecular complexity index is 171. The van der Waals surface area contributed by atoms with Crippen molar-refractivity contribution in [3.05, 3.63) is 0 Å². The minimum atomic E-state index is -2.58. The molecule has 0 aromatic heterocycles. The van der Waals surface area contributed by atoms with Gasteiger partial charge in [0, 0.05) is 18.5 Å². The summed E-state index contributed by atoms with van der Waals surface area (Å²) in [5.41, 5.74) is 5.63. The fraction of sp³-hybridized carbons (Fsp3) is 1.00. The number of alkyl halides is 2. The normalized spacial score (nSPS) is 25.8. The van der Waals surface area contributed by atoms with Crippen molar-refractivity contribution >= 4 is 0 Å². The number of rotatable bonds is 3. The summed E-state index contributed by atoms with van der Waals surface area (Å²) in [5, 5.41) is 0. The molecule has 78 valence electrons. The summed E-state index contributed by atoms with van der Waals surface area (Å²) in [5.74, 6) is -3.17. The SMILES string of the molecule is CC(C)C(F)(F)CN1CCC(N)C1. The molecule has 1 aliphatic rings. The second-order valence-corrected chi connectivity index (χ2v) is 4.20. The first-order chi connectivity index (χ1) is 5.92. The number of nitrogens with two attached hydrogens (primary N) is 1. The molecule has 0 radical (unpaired) electrons. The first-order valence-electron chi connectivity index (χ1n) is 4.77. The second kappa shape index (κ2) is 3.88. The molecule has 1 aliphatic heterocycles. The van der Waals surface area contributed by atoms with Crippen molar-refractivity contribution in [3.8, 4) is 0 Å². The van der Waals surface area contributed by atoms with Crippen LogP contribution < -0.4 is 5.73 Å². The van der Waals surface area contributed by atoms with E-state index >= 15 is 0 Å². The number of hydrogen-bond acceptors (Lipinski definition) is 2. The zero-order valence-electron chi connectivity index (χ0n) is 8.26. The Morgan fingerprint density at radius 1 is 1.54 bits per heavy atom. The van der Waals surface area contributed by atoms with Gasteiger partial charge in [0.05, 0.1) is 6.54 Å². The van der Waals surface area contributed by atoms with Crippen molar-refractivity contribution < 1.29 is 8.78 Å². The van der Waals surface area contributed by atoms with Gasteiger partial charge in [0.1, 0.15) is 0 Å². The van der Waals surface area contributed by atoms with Gasteiger partial charge in [-0.3, -0.25) is 4.90 Å². The van der Waals surface area contributed by atoms with Crippen LogP contribution in [0.5, 0.6) is 0 Å². The van der Waals surface area contributed by atoms with Gasteiger partial charge in [0.25, 0.3) is 5.92 Å². The third kappa shape index (κ3) is 2.88. The van der Waals surface area contributed by atoms with Gasteiger partial charge in [0.2, 0.25) is 0 Å². The van der Waals surface area contributed by atoms with Crippen molar-refractivity contribution in [3.63, 3.8) is 0 Å². The van der Waals surface area contributed by atoms with E-state index in [1.807, 2.05) is 0 Å². The van der Waals surface area contributed by atoms with Gasteiger partial charge in [-0.2, -0.15) is 0 Å². The molecule has 1 fully saturated rings. The van der Waals surface area contributed by atoms with E-state index in [1.54, 1.807) is 18.7 Å². The molecule has 1 atom stereocenters. The van der Waals surface area contributed by atoms with Gasteiger partial charge in [-0.05, 0) is 13.0 Å². The lowest BCUT2D eigenvalue weighted by Gasteiger charge is -2.26. The van der Waals surface area contributed by atoms with Crippen molar-refractivity contribution in [2.45, 2.75) is 32.2 Å². The van der Waals surface area contributed by atoms with Crippen LogP contribution in [0.4, 0.5) is 8.78 Å². The molecule has 1 unspecified atom stereocenters.